The van der Waals surface area contributed by atoms with Crippen molar-refractivity contribution in [1.29, 1.82) is 0 Å². The highest BCUT2D eigenvalue weighted by Crippen LogP contribution is 2.25. The fraction of sp³-hybridized carbons (Fsp3) is 0.238. The molecule has 1 heterocycles. The van der Waals surface area contributed by atoms with Crippen molar-refractivity contribution >= 4 is 29.3 Å². The van der Waals surface area contributed by atoms with E-state index in [1.807, 2.05) is 43.3 Å². The molecule has 0 spiro atoms. The minimum atomic E-state index is -0.181. The molecule has 0 unspecified atom stereocenters. The van der Waals surface area contributed by atoms with Crippen molar-refractivity contribution in [3.63, 3.8) is 0 Å². The smallest absolute Gasteiger partial charge is 0.251 e. The highest BCUT2D eigenvalue weighted by Gasteiger charge is 2.14. The van der Waals surface area contributed by atoms with Gasteiger partial charge in [0, 0.05) is 12.6 Å². The van der Waals surface area contributed by atoms with Gasteiger partial charge in [0.25, 0.3) is 5.91 Å². The molecule has 2 aromatic carbocycles. The number of carbonyl (C=O) groups is 2. The lowest BCUT2D eigenvalue weighted by Gasteiger charge is -2.11. The van der Waals surface area contributed by atoms with Crippen LogP contribution in [0, 0.1) is 6.92 Å². The van der Waals surface area contributed by atoms with E-state index < -0.39 is 0 Å². The van der Waals surface area contributed by atoms with Crippen LogP contribution in [-0.2, 0) is 18.4 Å². The molecule has 0 saturated carbocycles. The molecule has 0 saturated heterocycles. The molecule has 8 nitrogen and oxygen atoms in total. The van der Waals surface area contributed by atoms with E-state index in [2.05, 4.69) is 20.8 Å². The predicted octanol–water partition coefficient (Wildman–Crippen LogP) is 2.79. The van der Waals surface area contributed by atoms with Crippen LogP contribution in [0.25, 0.3) is 0 Å². The fourth-order valence-corrected chi connectivity index (χ4v) is 3.44. The van der Waals surface area contributed by atoms with Gasteiger partial charge in [-0.2, -0.15) is 0 Å². The largest absolute Gasteiger partial charge is 0.495 e. The maximum atomic E-state index is 12.4. The number of aryl methyl sites for hydroxylation is 1. The van der Waals surface area contributed by atoms with Crippen LogP contribution in [0.1, 0.15) is 21.7 Å². The minimum Gasteiger partial charge on any atom is -0.495 e. The standard InChI is InChI=1S/C21H23N5O3S/c1-14-9-10-17(29-3)16(11-14)23-19(27)13-30-21-25-24-18(26(21)2)12-22-20(28)15-7-5-4-6-8-15/h4-11H,12-13H2,1-3H3,(H,22,28)(H,23,27). The number of aromatic nitrogens is 3. The molecule has 2 amide bonds. The van der Waals surface area contributed by atoms with Crippen LogP contribution >= 0.6 is 11.8 Å². The number of hydrogen-bond donors (Lipinski definition) is 2. The lowest BCUT2D eigenvalue weighted by atomic mass is 10.2. The maximum Gasteiger partial charge on any atom is 0.251 e. The van der Waals surface area contributed by atoms with E-state index in [4.69, 9.17) is 4.74 Å². The first kappa shape index (κ1) is 21.4. The van der Waals surface area contributed by atoms with Gasteiger partial charge in [0.05, 0.1) is 25.1 Å². The molecule has 156 valence electrons. The Morgan fingerprint density at radius 3 is 2.63 bits per heavy atom. The zero-order valence-corrected chi connectivity index (χ0v) is 17.8. The fourth-order valence-electron chi connectivity index (χ4n) is 2.71. The van der Waals surface area contributed by atoms with Gasteiger partial charge >= 0.3 is 0 Å². The van der Waals surface area contributed by atoms with Gasteiger partial charge in [0.1, 0.15) is 5.75 Å². The number of ether oxygens (including phenoxy) is 1. The van der Waals surface area contributed by atoms with Crippen LogP contribution in [0.4, 0.5) is 5.69 Å². The maximum absolute atomic E-state index is 12.4. The van der Waals surface area contributed by atoms with Crippen molar-refractivity contribution in [2.45, 2.75) is 18.6 Å². The number of hydrogen-bond acceptors (Lipinski definition) is 6. The molecule has 30 heavy (non-hydrogen) atoms. The molecule has 3 rings (SSSR count). The molecule has 3 aromatic rings. The van der Waals surface area contributed by atoms with Crippen LogP contribution in [-0.4, -0.2) is 39.4 Å². The normalized spacial score (nSPS) is 10.5. The Morgan fingerprint density at radius 1 is 1.13 bits per heavy atom. The molecule has 0 atom stereocenters. The Bertz CT molecular complexity index is 1040. The first-order valence-electron chi connectivity index (χ1n) is 9.26. The Labute approximate surface area is 179 Å². The van der Waals surface area contributed by atoms with Crippen molar-refractivity contribution in [2.24, 2.45) is 7.05 Å². The summed E-state index contributed by atoms with van der Waals surface area (Å²) in [4.78, 5) is 24.5. The quantitative estimate of drug-likeness (QED) is 0.539. The molecule has 0 aliphatic heterocycles. The van der Waals surface area contributed by atoms with Gasteiger partial charge in [-0.1, -0.05) is 36.0 Å². The highest BCUT2D eigenvalue weighted by molar-refractivity contribution is 7.99. The number of thioether (sulfide) groups is 1. The number of benzene rings is 2. The molecule has 2 N–H and O–H groups in total. The first-order chi connectivity index (χ1) is 14.5. The molecule has 0 bridgehead atoms. The Hall–Kier alpha value is -3.33. The van der Waals surface area contributed by atoms with E-state index in [0.29, 0.717) is 28.0 Å². The van der Waals surface area contributed by atoms with Crippen LogP contribution in [0.3, 0.4) is 0 Å². The van der Waals surface area contributed by atoms with Gasteiger partial charge in [-0.3, -0.25) is 9.59 Å². The monoisotopic (exact) mass is 425 g/mol. The van der Waals surface area contributed by atoms with E-state index in [1.165, 1.54) is 11.8 Å². The number of nitrogens with one attached hydrogen (secondary N) is 2. The molecule has 0 radical (unpaired) electrons. The summed E-state index contributed by atoms with van der Waals surface area (Å²) in [7, 11) is 3.36. The molecule has 0 fully saturated rings. The van der Waals surface area contributed by atoms with Gasteiger partial charge in [0.2, 0.25) is 5.91 Å². The molecular formula is C21H23N5O3S. The lowest BCUT2D eigenvalue weighted by molar-refractivity contribution is -0.113. The molecule has 9 heteroatoms. The summed E-state index contributed by atoms with van der Waals surface area (Å²) in [5, 5.41) is 14.5. The number of carbonyl (C=O) groups excluding carboxylic acids is 2. The van der Waals surface area contributed by atoms with Gasteiger partial charge in [-0.25, -0.2) is 0 Å². The number of rotatable bonds is 8. The van der Waals surface area contributed by atoms with E-state index in [1.54, 1.807) is 30.9 Å². The number of methoxy groups -OCH3 is 1. The molecular weight excluding hydrogens is 402 g/mol. The van der Waals surface area contributed by atoms with Crippen LogP contribution < -0.4 is 15.4 Å². The summed E-state index contributed by atoms with van der Waals surface area (Å²) in [5.41, 5.74) is 2.23. The second kappa shape index (κ2) is 9.93. The van der Waals surface area contributed by atoms with Crippen LogP contribution in [0.2, 0.25) is 0 Å². The van der Waals surface area contributed by atoms with Gasteiger partial charge in [0.15, 0.2) is 11.0 Å². The molecule has 0 aliphatic carbocycles. The molecule has 0 aliphatic rings. The summed E-state index contributed by atoms with van der Waals surface area (Å²) >= 11 is 1.27. The Balaban J connectivity index is 1.54. The third kappa shape index (κ3) is 5.38. The third-order valence-electron chi connectivity index (χ3n) is 4.33. The Kier molecular flexibility index (Phi) is 7.08. The SMILES string of the molecule is COc1ccc(C)cc1NC(=O)CSc1nnc(CNC(=O)c2ccccc2)n1C. The van der Waals surface area contributed by atoms with Crippen molar-refractivity contribution in [1.82, 2.24) is 20.1 Å². The summed E-state index contributed by atoms with van der Waals surface area (Å²) in [6.07, 6.45) is 0. The van der Waals surface area contributed by atoms with Crippen LogP contribution in [0.15, 0.2) is 53.7 Å². The first-order valence-corrected chi connectivity index (χ1v) is 10.3. The van der Waals surface area contributed by atoms with E-state index in [9.17, 15) is 9.59 Å². The number of anilines is 1. The van der Waals surface area contributed by atoms with E-state index >= 15 is 0 Å². The zero-order valence-electron chi connectivity index (χ0n) is 17.0. The number of amides is 2. The minimum absolute atomic E-state index is 0.166. The van der Waals surface area contributed by atoms with Crippen molar-refractivity contribution in [2.75, 3.05) is 18.2 Å². The van der Waals surface area contributed by atoms with Crippen molar-refractivity contribution in [3.05, 3.63) is 65.5 Å². The zero-order chi connectivity index (χ0) is 21.5. The van der Waals surface area contributed by atoms with Crippen molar-refractivity contribution in [3.8, 4) is 5.75 Å². The van der Waals surface area contributed by atoms with Gasteiger partial charge in [-0.05, 0) is 36.8 Å². The summed E-state index contributed by atoms with van der Waals surface area (Å²) in [6, 6.07) is 14.6. The van der Waals surface area contributed by atoms with Crippen molar-refractivity contribution < 1.29 is 14.3 Å². The second-order valence-corrected chi connectivity index (χ2v) is 7.49. The highest BCUT2D eigenvalue weighted by atomic mass is 32.2. The summed E-state index contributed by atoms with van der Waals surface area (Å²) in [5.74, 6) is 1.01. The second-order valence-electron chi connectivity index (χ2n) is 6.55. The summed E-state index contributed by atoms with van der Waals surface area (Å²) < 4.78 is 7.04. The average molecular weight is 426 g/mol. The molecule has 1 aromatic heterocycles. The third-order valence-corrected chi connectivity index (χ3v) is 5.35. The predicted molar refractivity (Wildman–Crippen MR) is 116 cm³/mol. The van der Waals surface area contributed by atoms with Gasteiger partial charge < -0.3 is 19.9 Å². The Morgan fingerprint density at radius 2 is 1.90 bits per heavy atom. The van der Waals surface area contributed by atoms with Gasteiger partial charge in [-0.15, -0.1) is 10.2 Å². The van der Waals surface area contributed by atoms with E-state index in [0.717, 1.165) is 5.56 Å². The van der Waals surface area contributed by atoms with E-state index in [-0.39, 0.29) is 24.1 Å². The van der Waals surface area contributed by atoms with Crippen LogP contribution in [0.5, 0.6) is 5.75 Å². The lowest BCUT2D eigenvalue weighted by Crippen LogP contribution is -2.24. The number of nitrogens with zero attached hydrogens (tertiary/aromatic N) is 3. The topological polar surface area (TPSA) is 98.1 Å². The average Bonchev–Trinajstić information content (AvgIpc) is 3.10. The summed E-state index contributed by atoms with van der Waals surface area (Å²) in [6.45, 7) is 2.19.